The zero-order chi connectivity index (χ0) is 16.7. The van der Waals surface area contributed by atoms with Crippen molar-refractivity contribution in [1.29, 1.82) is 0 Å². The van der Waals surface area contributed by atoms with E-state index in [1.165, 1.54) is 11.3 Å². The Morgan fingerprint density at radius 3 is 2.55 bits per heavy atom. The minimum absolute atomic E-state index is 0.219. The molecule has 0 aliphatic carbocycles. The fourth-order valence-electron chi connectivity index (χ4n) is 1.96. The highest BCUT2D eigenvalue weighted by Gasteiger charge is 2.32. The van der Waals surface area contributed by atoms with Crippen LogP contribution < -0.4 is 5.32 Å². The van der Waals surface area contributed by atoms with Crippen LogP contribution in [0, 0.1) is 5.92 Å². The molecule has 3 unspecified atom stereocenters. The van der Waals surface area contributed by atoms with Crippen LogP contribution in [-0.4, -0.2) is 39.8 Å². The first-order chi connectivity index (χ1) is 10.4. The van der Waals surface area contributed by atoms with Crippen molar-refractivity contribution in [2.45, 2.75) is 31.1 Å². The molecule has 0 saturated carbocycles. The fraction of sp³-hybridized carbons (Fsp3) is 0.500. The third-order valence-corrected chi connectivity index (χ3v) is 4.96. The SMILES string of the molecule is CCC(C(=O)NC(CCS)C(=O)O)C(S)C(=O)c1cccs1. The molecule has 1 amide bonds. The number of Topliss-reactive ketones (excluding diaryl/α,β-unsaturated/α-hetero) is 1. The molecule has 0 aromatic carbocycles. The molecule has 5 nitrogen and oxygen atoms in total. The lowest BCUT2D eigenvalue weighted by atomic mass is 9.96. The Morgan fingerprint density at radius 2 is 2.09 bits per heavy atom. The molecular weight excluding hydrogens is 342 g/mol. The van der Waals surface area contributed by atoms with Gasteiger partial charge in [-0.15, -0.1) is 11.3 Å². The van der Waals surface area contributed by atoms with Crippen LogP contribution in [0.4, 0.5) is 0 Å². The molecule has 1 aromatic heterocycles. The molecule has 8 heteroatoms. The summed E-state index contributed by atoms with van der Waals surface area (Å²) in [6.45, 7) is 1.77. The van der Waals surface area contributed by atoms with Crippen LogP contribution in [0.1, 0.15) is 29.4 Å². The van der Waals surface area contributed by atoms with Crippen LogP contribution in [-0.2, 0) is 9.59 Å². The van der Waals surface area contributed by atoms with Gasteiger partial charge in [0.1, 0.15) is 6.04 Å². The van der Waals surface area contributed by atoms with Gasteiger partial charge in [-0.3, -0.25) is 9.59 Å². The number of hydrogen-bond acceptors (Lipinski definition) is 6. The summed E-state index contributed by atoms with van der Waals surface area (Å²) in [5.74, 6) is -2.15. The molecule has 3 atom stereocenters. The van der Waals surface area contributed by atoms with Gasteiger partial charge in [0.15, 0.2) is 5.78 Å². The average molecular weight is 362 g/mol. The van der Waals surface area contributed by atoms with Crippen molar-refractivity contribution in [3.63, 3.8) is 0 Å². The number of ketones is 1. The third kappa shape index (κ3) is 5.03. The molecule has 1 rings (SSSR count). The van der Waals surface area contributed by atoms with Crippen molar-refractivity contribution in [3.8, 4) is 0 Å². The van der Waals surface area contributed by atoms with Crippen LogP contribution in [0.2, 0.25) is 0 Å². The van der Waals surface area contributed by atoms with E-state index >= 15 is 0 Å². The average Bonchev–Trinajstić information content (AvgIpc) is 3.00. The summed E-state index contributed by atoms with van der Waals surface area (Å²) in [6, 6.07) is 2.44. The summed E-state index contributed by atoms with van der Waals surface area (Å²) >= 11 is 9.56. The van der Waals surface area contributed by atoms with Gasteiger partial charge >= 0.3 is 5.97 Å². The zero-order valence-electron chi connectivity index (χ0n) is 12.1. The number of carbonyl (C=O) groups excluding carboxylic acids is 2. The van der Waals surface area contributed by atoms with Gasteiger partial charge in [-0.05, 0) is 30.0 Å². The first-order valence-electron chi connectivity index (χ1n) is 6.82. The lowest BCUT2D eigenvalue weighted by Gasteiger charge is -2.22. The minimum Gasteiger partial charge on any atom is -0.480 e. The van der Waals surface area contributed by atoms with Gasteiger partial charge in [-0.2, -0.15) is 25.3 Å². The molecule has 0 aliphatic rings. The summed E-state index contributed by atoms with van der Waals surface area (Å²) in [4.78, 5) is 36.2. The van der Waals surface area contributed by atoms with E-state index in [-0.39, 0.29) is 12.2 Å². The molecule has 1 heterocycles. The van der Waals surface area contributed by atoms with Crippen molar-refractivity contribution < 1.29 is 19.5 Å². The standard InChI is InChI=1S/C14H19NO4S3/c1-2-8(12(21)11(16)10-4-3-7-22-10)13(17)15-9(5-6-20)14(18)19/h3-4,7-9,12,20-21H,2,5-6H2,1H3,(H,15,17)(H,18,19). The molecule has 0 aliphatic heterocycles. The van der Waals surface area contributed by atoms with Gasteiger partial charge in [0.25, 0.3) is 0 Å². The minimum atomic E-state index is -1.11. The predicted octanol–water partition coefficient (Wildman–Crippen LogP) is 2.14. The van der Waals surface area contributed by atoms with Crippen LogP contribution in [0.15, 0.2) is 17.5 Å². The third-order valence-electron chi connectivity index (χ3n) is 3.22. The highest BCUT2D eigenvalue weighted by atomic mass is 32.1. The highest BCUT2D eigenvalue weighted by molar-refractivity contribution is 7.82. The molecule has 0 fully saturated rings. The van der Waals surface area contributed by atoms with Crippen molar-refractivity contribution in [2.75, 3.05) is 5.75 Å². The van der Waals surface area contributed by atoms with E-state index in [0.29, 0.717) is 17.1 Å². The summed E-state index contributed by atoms with van der Waals surface area (Å²) in [5, 5.41) is 12.5. The van der Waals surface area contributed by atoms with E-state index in [9.17, 15) is 14.4 Å². The van der Waals surface area contributed by atoms with E-state index in [2.05, 4.69) is 30.6 Å². The topological polar surface area (TPSA) is 83.5 Å². The number of amides is 1. The van der Waals surface area contributed by atoms with E-state index in [1.807, 2.05) is 0 Å². The van der Waals surface area contributed by atoms with Crippen LogP contribution in [0.3, 0.4) is 0 Å². The number of carboxylic acids is 1. The van der Waals surface area contributed by atoms with Crippen LogP contribution in [0.25, 0.3) is 0 Å². The summed E-state index contributed by atoms with van der Waals surface area (Å²) in [6.07, 6.45) is 0.612. The monoisotopic (exact) mass is 361 g/mol. The summed E-state index contributed by atoms with van der Waals surface area (Å²) in [7, 11) is 0. The maximum absolute atomic E-state index is 12.3. The van der Waals surface area contributed by atoms with Crippen molar-refractivity contribution >= 4 is 54.3 Å². The second-order valence-electron chi connectivity index (χ2n) is 4.71. The number of carbonyl (C=O) groups is 3. The first kappa shape index (κ1) is 19.1. The Kier molecular flexibility index (Phi) is 7.98. The maximum atomic E-state index is 12.3. The normalized spacial score (nSPS) is 14.9. The van der Waals surface area contributed by atoms with Crippen molar-refractivity contribution in [3.05, 3.63) is 22.4 Å². The van der Waals surface area contributed by atoms with E-state index < -0.39 is 29.1 Å². The quantitative estimate of drug-likeness (QED) is 0.401. The Labute approximate surface area is 144 Å². The summed E-state index contributed by atoms with van der Waals surface area (Å²) < 4.78 is 0. The molecule has 0 spiro atoms. The molecule has 0 bridgehead atoms. The Balaban J connectivity index is 2.79. The second-order valence-corrected chi connectivity index (χ2v) is 6.66. The fourth-order valence-corrected chi connectivity index (χ4v) is 3.50. The van der Waals surface area contributed by atoms with E-state index in [0.717, 1.165) is 0 Å². The number of thiol groups is 2. The maximum Gasteiger partial charge on any atom is 0.326 e. The summed E-state index contributed by atoms with van der Waals surface area (Å²) in [5.41, 5.74) is 0. The van der Waals surface area contributed by atoms with Gasteiger partial charge in [0.05, 0.1) is 16.0 Å². The van der Waals surface area contributed by atoms with Gasteiger partial charge in [-0.25, -0.2) is 4.79 Å². The van der Waals surface area contributed by atoms with Crippen LogP contribution >= 0.6 is 36.6 Å². The van der Waals surface area contributed by atoms with E-state index in [1.54, 1.807) is 24.4 Å². The largest absolute Gasteiger partial charge is 0.480 e. The van der Waals surface area contributed by atoms with Gasteiger partial charge in [0.2, 0.25) is 5.91 Å². The number of hydrogen-bond donors (Lipinski definition) is 4. The molecule has 22 heavy (non-hydrogen) atoms. The smallest absolute Gasteiger partial charge is 0.326 e. The van der Waals surface area contributed by atoms with Gasteiger partial charge in [0, 0.05) is 0 Å². The Bertz CT molecular complexity index is 518. The molecule has 0 radical (unpaired) electrons. The van der Waals surface area contributed by atoms with Gasteiger partial charge < -0.3 is 10.4 Å². The highest BCUT2D eigenvalue weighted by Crippen LogP contribution is 2.22. The number of aliphatic carboxylic acids is 1. The van der Waals surface area contributed by atoms with Gasteiger partial charge in [-0.1, -0.05) is 13.0 Å². The van der Waals surface area contributed by atoms with Crippen LogP contribution in [0.5, 0.6) is 0 Å². The van der Waals surface area contributed by atoms with E-state index in [4.69, 9.17) is 5.11 Å². The second kappa shape index (κ2) is 9.22. The lowest BCUT2D eigenvalue weighted by molar-refractivity contribution is -0.142. The molecule has 122 valence electrons. The number of carboxylic acid groups (broad SMARTS) is 1. The molecule has 0 saturated heterocycles. The number of rotatable bonds is 9. The Hall–Kier alpha value is -0.990. The number of thiophene rings is 1. The van der Waals surface area contributed by atoms with Crippen molar-refractivity contribution in [2.24, 2.45) is 5.92 Å². The number of nitrogens with one attached hydrogen (secondary N) is 1. The molecule has 1 aromatic rings. The van der Waals surface area contributed by atoms with Crippen molar-refractivity contribution in [1.82, 2.24) is 5.32 Å². The first-order valence-corrected chi connectivity index (χ1v) is 8.85. The molecular formula is C14H19NO4S3. The lowest BCUT2D eigenvalue weighted by Crippen LogP contribution is -2.46. The molecule has 2 N–H and O–H groups in total. The predicted molar refractivity (Wildman–Crippen MR) is 93.2 cm³/mol. The zero-order valence-corrected chi connectivity index (χ0v) is 14.7. The Morgan fingerprint density at radius 1 is 1.41 bits per heavy atom.